The number of carbonyl (C=O) groups is 2. The first-order chi connectivity index (χ1) is 16.1. The number of H-pyrrole nitrogens is 1. The molecule has 2 aliphatic rings. The van der Waals surface area contributed by atoms with Crippen molar-refractivity contribution in [2.75, 3.05) is 6.79 Å². The Morgan fingerprint density at radius 2 is 1.91 bits per heavy atom. The molecule has 2 aliphatic heterocycles. The number of fused-ring (bicyclic) bond motifs is 2. The van der Waals surface area contributed by atoms with E-state index >= 15 is 0 Å². The number of furan rings is 1. The molecule has 0 saturated carbocycles. The van der Waals surface area contributed by atoms with Gasteiger partial charge in [-0.2, -0.15) is 0 Å². The number of ketones is 1. The Morgan fingerprint density at radius 3 is 2.76 bits per heavy atom. The number of para-hydroxylation sites is 1. The standard InChI is InChI=1S/C25H18N2O6/c28-23(16-11-26-17-5-2-1-4-15(16)17)21-22(19-6-3-9-31-19)27(25(30)24(21)29)12-14-7-8-18-20(10-14)33-13-32-18/h1-11,22,26,28H,12-13H2/b23-21-. The number of hydrogen-bond acceptors (Lipinski definition) is 6. The zero-order chi connectivity index (χ0) is 22.5. The third-order valence-corrected chi connectivity index (χ3v) is 5.99. The Morgan fingerprint density at radius 1 is 1.06 bits per heavy atom. The smallest absolute Gasteiger partial charge is 0.296 e. The summed E-state index contributed by atoms with van der Waals surface area (Å²) in [4.78, 5) is 30.8. The van der Waals surface area contributed by atoms with E-state index in [1.165, 1.54) is 11.2 Å². The van der Waals surface area contributed by atoms with E-state index in [0.717, 1.165) is 16.5 Å². The number of amides is 1. The number of likely N-dealkylation sites (tertiary alicyclic amines) is 1. The van der Waals surface area contributed by atoms with Crippen LogP contribution in [0.2, 0.25) is 0 Å². The average molecular weight is 442 g/mol. The maximum absolute atomic E-state index is 13.2. The maximum Gasteiger partial charge on any atom is 0.296 e. The molecule has 2 N–H and O–H groups in total. The Labute approximate surface area is 187 Å². The Balaban J connectivity index is 1.47. The van der Waals surface area contributed by atoms with Crippen LogP contribution < -0.4 is 9.47 Å². The van der Waals surface area contributed by atoms with Crippen LogP contribution in [0, 0.1) is 0 Å². The van der Waals surface area contributed by atoms with Crippen molar-refractivity contribution in [1.82, 2.24) is 9.88 Å². The summed E-state index contributed by atoms with van der Waals surface area (Å²) in [6, 6.07) is 15.3. The van der Waals surface area contributed by atoms with Crippen molar-refractivity contribution >= 4 is 28.4 Å². The van der Waals surface area contributed by atoms with Gasteiger partial charge in [0.2, 0.25) is 6.79 Å². The second-order valence-corrected chi connectivity index (χ2v) is 7.88. The van der Waals surface area contributed by atoms with Crippen LogP contribution in [-0.2, 0) is 16.1 Å². The van der Waals surface area contributed by atoms with Crippen LogP contribution in [0.4, 0.5) is 0 Å². The lowest BCUT2D eigenvalue weighted by atomic mass is 9.99. The van der Waals surface area contributed by atoms with E-state index in [9.17, 15) is 14.7 Å². The van der Waals surface area contributed by atoms with Gasteiger partial charge in [-0.1, -0.05) is 24.3 Å². The van der Waals surface area contributed by atoms with Crippen molar-refractivity contribution in [2.45, 2.75) is 12.6 Å². The predicted octanol–water partition coefficient (Wildman–Crippen LogP) is 4.11. The first-order valence-electron chi connectivity index (χ1n) is 10.4. The molecule has 1 fully saturated rings. The minimum Gasteiger partial charge on any atom is -0.507 e. The number of ether oxygens (including phenoxy) is 2. The first-order valence-corrected chi connectivity index (χ1v) is 10.4. The fourth-order valence-corrected chi connectivity index (χ4v) is 4.43. The zero-order valence-corrected chi connectivity index (χ0v) is 17.3. The summed E-state index contributed by atoms with van der Waals surface area (Å²) in [6.07, 6.45) is 3.10. The summed E-state index contributed by atoms with van der Waals surface area (Å²) in [5, 5.41) is 12.0. The molecule has 0 spiro atoms. The molecule has 8 nitrogen and oxygen atoms in total. The lowest BCUT2D eigenvalue weighted by Crippen LogP contribution is -2.29. The maximum atomic E-state index is 13.2. The molecular formula is C25H18N2O6. The van der Waals surface area contributed by atoms with E-state index in [0.29, 0.717) is 22.8 Å². The van der Waals surface area contributed by atoms with Crippen LogP contribution in [0.5, 0.6) is 11.5 Å². The van der Waals surface area contributed by atoms with Gasteiger partial charge in [-0.3, -0.25) is 9.59 Å². The van der Waals surface area contributed by atoms with Gasteiger partial charge >= 0.3 is 0 Å². The number of nitrogens with zero attached hydrogens (tertiary/aromatic N) is 1. The van der Waals surface area contributed by atoms with Gasteiger partial charge in [0.1, 0.15) is 17.6 Å². The number of benzene rings is 2. The fourth-order valence-electron chi connectivity index (χ4n) is 4.43. The molecule has 0 bridgehead atoms. The van der Waals surface area contributed by atoms with E-state index in [1.807, 2.05) is 30.3 Å². The van der Waals surface area contributed by atoms with E-state index in [-0.39, 0.29) is 24.7 Å². The van der Waals surface area contributed by atoms with Gasteiger partial charge in [0.25, 0.3) is 11.7 Å². The van der Waals surface area contributed by atoms with Crippen molar-refractivity contribution in [1.29, 1.82) is 0 Å². The average Bonchev–Trinajstić information content (AvgIpc) is 3.62. The number of aromatic nitrogens is 1. The van der Waals surface area contributed by atoms with Crippen LogP contribution >= 0.6 is 0 Å². The van der Waals surface area contributed by atoms with Gasteiger partial charge in [-0.05, 0) is 35.9 Å². The highest BCUT2D eigenvalue weighted by Gasteiger charge is 2.47. The molecule has 1 unspecified atom stereocenters. The van der Waals surface area contributed by atoms with Crippen LogP contribution in [0.25, 0.3) is 16.7 Å². The van der Waals surface area contributed by atoms with Crippen LogP contribution in [-0.4, -0.2) is 33.5 Å². The molecule has 0 aliphatic carbocycles. The first kappa shape index (κ1) is 19.2. The molecule has 6 rings (SSSR count). The molecule has 164 valence electrons. The van der Waals surface area contributed by atoms with Crippen molar-refractivity contribution < 1.29 is 28.6 Å². The second-order valence-electron chi connectivity index (χ2n) is 7.88. The topological polar surface area (TPSA) is 105 Å². The molecule has 0 radical (unpaired) electrons. The summed E-state index contributed by atoms with van der Waals surface area (Å²) in [6.45, 7) is 0.261. The van der Waals surface area contributed by atoms with E-state index in [2.05, 4.69) is 4.98 Å². The lowest BCUT2D eigenvalue weighted by molar-refractivity contribution is -0.140. The number of aliphatic hydroxyl groups excluding tert-OH is 1. The second kappa shape index (κ2) is 7.30. The van der Waals surface area contributed by atoms with Crippen LogP contribution in [0.1, 0.15) is 22.9 Å². The van der Waals surface area contributed by atoms with Gasteiger partial charge in [-0.15, -0.1) is 0 Å². The van der Waals surface area contributed by atoms with E-state index in [4.69, 9.17) is 13.9 Å². The fraction of sp³-hybridized carbons (Fsp3) is 0.120. The van der Waals surface area contributed by atoms with Crippen molar-refractivity contribution in [3.63, 3.8) is 0 Å². The molecule has 2 aromatic heterocycles. The van der Waals surface area contributed by atoms with Crippen LogP contribution in [0.15, 0.2) is 77.0 Å². The largest absolute Gasteiger partial charge is 0.507 e. The van der Waals surface area contributed by atoms with Gasteiger partial charge in [0, 0.05) is 29.2 Å². The Bertz CT molecular complexity index is 1430. The number of Topliss-reactive ketones (excluding diaryl/α,β-unsaturated/α-hetero) is 1. The Hall–Kier alpha value is -4.46. The third kappa shape index (κ3) is 2.99. The minimum absolute atomic E-state index is 0.0135. The monoisotopic (exact) mass is 442 g/mol. The molecular weight excluding hydrogens is 424 g/mol. The molecule has 33 heavy (non-hydrogen) atoms. The molecule has 8 heteroatoms. The molecule has 2 aromatic carbocycles. The van der Waals surface area contributed by atoms with Crippen molar-refractivity contribution in [3.05, 3.63) is 89.5 Å². The SMILES string of the molecule is O=C1C(=O)N(Cc2ccc3c(c2)OCO3)C(c2ccco2)/C1=C(/O)c1c[nH]c2ccccc12. The molecule has 4 aromatic rings. The third-order valence-electron chi connectivity index (χ3n) is 5.99. The molecule has 1 amide bonds. The minimum atomic E-state index is -0.876. The van der Waals surface area contributed by atoms with E-state index < -0.39 is 17.7 Å². The Kier molecular flexibility index (Phi) is 4.26. The summed E-state index contributed by atoms with van der Waals surface area (Å²) < 4.78 is 16.4. The highest BCUT2D eigenvalue weighted by molar-refractivity contribution is 6.46. The highest BCUT2D eigenvalue weighted by atomic mass is 16.7. The number of aromatic amines is 1. The zero-order valence-electron chi connectivity index (χ0n) is 17.3. The van der Waals surface area contributed by atoms with Crippen LogP contribution in [0.3, 0.4) is 0 Å². The number of rotatable bonds is 4. The van der Waals surface area contributed by atoms with Gasteiger partial charge in [0.05, 0.1) is 11.8 Å². The number of hydrogen-bond donors (Lipinski definition) is 2. The van der Waals surface area contributed by atoms with Crippen molar-refractivity contribution in [3.8, 4) is 11.5 Å². The van der Waals surface area contributed by atoms with Gasteiger partial charge < -0.3 is 28.9 Å². The number of aliphatic hydroxyl groups is 1. The van der Waals surface area contributed by atoms with Crippen molar-refractivity contribution in [2.24, 2.45) is 0 Å². The number of nitrogens with one attached hydrogen (secondary N) is 1. The normalized spacial score (nSPS) is 19.0. The lowest BCUT2D eigenvalue weighted by Gasteiger charge is -2.23. The quantitative estimate of drug-likeness (QED) is 0.280. The molecule has 1 atom stereocenters. The molecule has 4 heterocycles. The molecule has 1 saturated heterocycles. The summed E-state index contributed by atoms with van der Waals surface area (Å²) >= 11 is 0. The summed E-state index contributed by atoms with van der Waals surface area (Å²) in [5.74, 6) is -0.132. The summed E-state index contributed by atoms with van der Waals surface area (Å²) in [7, 11) is 0. The van der Waals surface area contributed by atoms with E-state index in [1.54, 1.807) is 30.5 Å². The summed E-state index contributed by atoms with van der Waals surface area (Å²) in [5.41, 5.74) is 2.00. The van der Waals surface area contributed by atoms with Gasteiger partial charge in [0.15, 0.2) is 11.5 Å². The number of carbonyl (C=O) groups excluding carboxylic acids is 2. The predicted molar refractivity (Wildman–Crippen MR) is 117 cm³/mol. The van der Waals surface area contributed by atoms with Gasteiger partial charge in [-0.25, -0.2) is 0 Å². The highest BCUT2D eigenvalue weighted by Crippen LogP contribution is 2.42.